The van der Waals surface area contributed by atoms with Gasteiger partial charge in [-0.1, -0.05) is 11.8 Å². The Morgan fingerprint density at radius 3 is 2.41 bits per heavy atom. The summed E-state index contributed by atoms with van der Waals surface area (Å²) in [5.74, 6) is 4.11. The van der Waals surface area contributed by atoms with Gasteiger partial charge in [0.15, 0.2) is 12.1 Å². The molecule has 6 heteroatoms. The molecule has 0 aromatic carbocycles. The minimum absolute atomic E-state index is 0.138. The second-order valence-electron chi connectivity index (χ2n) is 5.54. The van der Waals surface area contributed by atoms with Crippen LogP contribution < -0.4 is 0 Å². The lowest BCUT2D eigenvalue weighted by molar-refractivity contribution is -0.283. The molecular weight excluding hydrogens is 288 g/mol. The van der Waals surface area contributed by atoms with Crippen LogP contribution in [0.4, 0.5) is 0 Å². The maximum Gasteiger partial charge on any atom is 0.186 e. The fraction of sp³-hybridized carbons (Fsp3) is 0.750. The standard InChI is InChI=1S/C16H22O6/c1-6-8-18-10-11-12-13(22-16(3,4)21-12)14(19-9-7-2)15(17-5)20-11/h1-2,11-15H,8-10H2,3-5H3/t11-,12+,13+,14-,15+/m1/s1. The first-order valence-electron chi connectivity index (χ1n) is 7.12. The van der Waals surface area contributed by atoms with Crippen LogP contribution in [-0.2, 0) is 28.4 Å². The number of hydrogen-bond donors (Lipinski definition) is 0. The lowest BCUT2D eigenvalue weighted by atomic mass is 9.99. The molecule has 2 rings (SSSR count). The van der Waals surface area contributed by atoms with Gasteiger partial charge in [-0.15, -0.1) is 12.8 Å². The lowest BCUT2D eigenvalue weighted by Crippen LogP contribution is -2.58. The van der Waals surface area contributed by atoms with Crippen LogP contribution in [0.3, 0.4) is 0 Å². The molecule has 0 N–H and O–H groups in total. The summed E-state index contributed by atoms with van der Waals surface area (Å²) in [6, 6.07) is 0. The van der Waals surface area contributed by atoms with Crippen molar-refractivity contribution in [2.45, 2.75) is 50.3 Å². The SMILES string of the molecule is C#CCOC[C@H]1O[C@H](OC)[C@H](OCC#C)[C@H]2OC(C)(C)O[C@H]21. The van der Waals surface area contributed by atoms with Crippen molar-refractivity contribution in [3.05, 3.63) is 0 Å². The molecule has 0 radical (unpaired) electrons. The maximum absolute atomic E-state index is 5.96. The van der Waals surface area contributed by atoms with Crippen LogP contribution in [0, 0.1) is 24.7 Å². The minimum atomic E-state index is -0.747. The van der Waals surface area contributed by atoms with E-state index in [0.717, 1.165) is 0 Å². The quantitative estimate of drug-likeness (QED) is 0.527. The molecule has 0 amide bonds. The number of ether oxygens (including phenoxy) is 6. The molecule has 0 aromatic rings. The molecule has 0 saturated carbocycles. The van der Waals surface area contributed by atoms with E-state index in [0.29, 0.717) is 0 Å². The van der Waals surface area contributed by atoms with Gasteiger partial charge in [0.05, 0.1) is 6.61 Å². The molecule has 6 nitrogen and oxygen atoms in total. The first-order chi connectivity index (χ1) is 10.5. The number of fused-ring (bicyclic) bond motifs is 1. The zero-order valence-electron chi connectivity index (χ0n) is 13.1. The largest absolute Gasteiger partial charge is 0.366 e. The summed E-state index contributed by atoms with van der Waals surface area (Å²) in [7, 11) is 1.54. The van der Waals surface area contributed by atoms with Crippen LogP contribution in [0.15, 0.2) is 0 Å². The summed E-state index contributed by atoms with van der Waals surface area (Å²) in [5, 5.41) is 0. The van der Waals surface area contributed by atoms with Crippen LogP contribution >= 0.6 is 0 Å². The summed E-state index contributed by atoms with van der Waals surface area (Å²) < 4.78 is 34.2. The van der Waals surface area contributed by atoms with Crippen LogP contribution in [0.1, 0.15) is 13.8 Å². The molecule has 2 aliphatic heterocycles. The maximum atomic E-state index is 5.96. The van der Waals surface area contributed by atoms with E-state index >= 15 is 0 Å². The van der Waals surface area contributed by atoms with E-state index in [1.54, 1.807) is 0 Å². The first-order valence-corrected chi connectivity index (χ1v) is 7.12. The second kappa shape index (κ2) is 7.43. The highest BCUT2D eigenvalue weighted by Gasteiger charge is 2.56. The van der Waals surface area contributed by atoms with Crippen molar-refractivity contribution in [1.82, 2.24) is 0 Å². The lowest BCUT2D eigenvalue weighted by Gasteiger charge is -2.40. The Labute approximate surface area is 131 Å². The van der Waals surface area contributed by atoms with E-state index in [1.807, 2.05) is 13.8 Å². The van der Waals surface area contributed by atoms with Crippen molar-refractivity contribution in [2.24, 2.45) is 0 Å². The van der Waals surface area contributed by atoms with Crippen LogP contribution in [0.25, 0.3) is 0 Å². The van der Waals surface area contributed by atoms with Gasteiger partial charge in [-0.3, -0.25) is 0 Å². The van der Waals surface area contributed by atoms with Gasteiger partial charge in [0.2, 0.25) is 0 Å². The number of methoxy groups -OCH3 is 1. The monoisotopic (exact) mass is 310 g/mol. The Balaban J connectivity index is 2.13. The molecule has 2 fully saturated rings. The summed E-state index contributed by atoms with van der Waals surface area (Å²) in [6.07, 6.45) is 8.29. The zero-order valence-corrected chi connectivity index (χ0v) is 13.1. The van der Waals surface area contributed by atoms with Crippen molar-refractivity contribution in [2.75, 3.05) is 26.9 Å². The Kier molecular flexibility index (Phi) is 5.82. The first kappa shape index (κ1) is 17.2. The fourth-order valence-corrected chi connectivity index (χ4v) is 2.72. The van der Waals surface area contributed by atoms with Crippen molar-refractivity contribution in [3.63, 3.8) is 0 Å². The predicted octanol–water partition coefficient (Wildman–Crippen LogP) is 0.546. The van der Waals surface area contributed by atoms with Gasteiger partial charge in [-0.25, -0.2) is 0 Å². The van der Waals surface area contributed by atoms with Crippen LogP contribution in [0.2, 0.25) is 0 Å². The normalized spacial score (nSPS) is 36.3. The third kappa shape index (κ3) is 3.80. The van der Waals surface area contributed by atoms with Crippen molar-refractivity contribution >= 4 is 0 Å². The highest BCUT2D eigenvalue weighted by atomic mass is 16.8. The zero-order chi connectivity index (χ0) is 16.2. The van der Waals surface area contributed by atoms with Gasteiger partial charge in [0.1, 0.15) is 37.6 Å². The van der Waals surface area contributed by atoms with Crippen molar-refractivity contribution < 1.29 is 28.4 Å². The molecule has 0 unspecified atom stereocenters. The average Bonchev–Trinajstić information content (AvgIpc) is 2.81. The summed E-state index contributed by atoms with van der Waals surface area (Å²) in [4.78, 5) is 0. The topological polar surface area (TPSA) is 55.4 Å². The van der Waals surface area contributed by atoms with Gasteiger partial charge in [-0.05, 0) is 13.8 Å². The van der Waals surface area contributed by atoms with E-state index in [4.69, 9.17) is 41.3 Å². The molecular formula is C16H22O6. The third-order valence-corrected chi connectivity index (χ3v) is 3.49. The van der Waals surface area contributed by atoms with Gasteiger partial charge >= 0.3 is 0 Å². The minimum Gasteiger partial charge on any atom is -0.366 e. The van der Waals surface area contributed by atoms with Crippen LogP contribution in [-0.4, -0.2) is 63.4 Å². The second-order valence-corrected chi connectivity index (χ2v) is 5.54. The molecule has 5 atom stereocenters. The highest BCUT2D eigenvalue weighted by molar-refractivity contribution is 4.98. The predicted molar refractivity (Wildman–Crippen MR) is 77.7 cm³/mol. The van der Waals surface area contributed by atoms with Crippen molar-refractivity contribution in [1.29, 1.82) is 0 Å². The Hall–Kier alpha value is -1.12. The molecule has 2 aliphatic rings. The Morgan fingerprint density at radius 1 is 1.09 bits per heavy atom. The Morgan fingerprint density at radius 2 is 1.77 bits per heavy atom. The number of rotatable bonds is 6. The van der Waals surface area contributed by atoms with Gasteiger partial charge in [-0.2, -0.15) is 0 Å². The molecule has 2 heterocycles. The van der Waals surface area contributed by atoms with Crippen molar-refractivity contribution in [3.8, 4) is 24.7 Å². The van der Waals surface area contributed by atoms with E-state index < -0.39 is 18.2 Å². The smallest absolute Gasteiger partial charge is 0.186 e. The van der Waals surface area contributed by atoms with E-state index in [9.17, 15) is 0 Å². The molecule has 0 aromatic heterocycles. The molecule has 0 aliphatic carbocycles. The fourth-order valence-electron chi connectivity index (χ4n) is 2.72. The number of hydrogen-bond acceptors (Lipinski definition) is 6. The molecule has 0 bridgehead atoms. The summed E-state index contributed by atoms with van der Waals surface area (Å²) >= 11 is 0. The summed E-state index contributed by atoms with van der Waals surface area (Å²) in [5.41, 5.74) is 0. The van der Waals surface area contributed by atoms with Gasteiger partial charge in [0.25, 0.3) is 0 Å². The van der Waals surface area contributed by atoms with Crippen LogP contribution in [0.5, 0.6) is 0 Å². The number of terminal acetylenes is 2. The van der Waals surface area contributed by atoms with E-state index in [2.05, 4.69) is 11.8 Å². The molecule has 22 heavy (non-hydrogen) atoms. The van der Waals surface area contributed by atoms with Gasteiger partial charge < -0.3 is 28.4 Å². The summed E-state index contributed by atoms with van der Waals surface area (Å²) in [6.45, 7) is 4.30. The Bertz CT molecular complexity index is 449. The molecule has 2 saturated heterocycles. The van der Waals surface area contributed by atoms with Gasteiger partial charge in [0, 0.05) is 7.11 Å². The average molecular weight is 310 g/mol. The molecule has 122 valence electrons. The molecule has 0 spiro atoms. The highest BCUT2D eigenvalue weighted by Crippen LogP contribution is 2.38. The van der Waals surface area contributed by atoms with E-state index in [1.165, 1.54) is 7.11 Å². The third-order valence-electron chi connectivity index (χ3n) is 3.49. The van der Waals surface area contributed by atoms with E-state index in [-0.39, 0.29) is 38.1 Å².